The molecular weight excluding hydrogens is 322 g/mol. The maximum atomic E-state index is 12.4. The van der Waals surface area contributed by atoms with Gasteiger partial charge in [0.15, 0.2) is 11.4 Å². The van der Waals surface area contributed by atoms with Gasteiger partial charge in [-0.1, -0.05) is 39.0 Å². The van der Waals surface area contributed by atoms with Gasteiger partial charge in [0.1, 0.15) is 0 Å². The summed E-state index contributed by atoms with van der Waals surface area (Å²) in [7, 11) is 0. The van der Waals surface area contributed by atoms with Gasteiger partial charge >= 0.3 is 5.97 Å². The second-order valence-corrected chi connectivity index (χ2v) is 6.28. The van der Waals surface area contributed by atoms with Gasteiger partial charge in [-0.25, -0.2) is 4.68 Å². The van der Waals surface area contributed by atoms with Crippen LogP contribution in [0.2, 0.25) is 0 Å². The van der Waals surface area contributed by atoms with Crippen LogP contribution in [0.15, 0.2) is 36.5 Å². The van der Waals surface area contributed by atoms with Gasteiger partial charge in [-0.05, 0) is 18.1 Å². The van der Waals surface area contributed by atoms with Gasteiger partial charge in [-0.3, -0.25) is 9.59 Å². The van der Waals surface area contributed by atoms with Crippen LogP contribution in [0, 0.1) is 11.8 Å². The van der Waals surface area contributed by atoms with E-state index < -0.39 is 17.8 Å². The van der Waals surface area contributed by atoms with Crippen LogP contribution in [0.4, 0.5) is 0 Å². The number of para-hydroxylation sites is 1. The molecule has 134 valence electrons. The predicted molar refractivity (Wildman–Crippen MR) is 93.0 cm³/mol. The van der Waals surface area contributed by atoms with Gasteiger partial charge in [0.05, 0.1) is 24.4 Å². The highest BCUT2D eigenvalue weighted by Crippen LogP contribution is 2.20. The molecular formula is C18H23N3O4. The number of hydrogen-bond acceptors (Lipinski definition) is 4. The average Bonchev–Trinajstić information content (AvgIpc) is 3.02. The zero-order valence-electron chi connectivity index (χ0n) is 14.6. The first-order chi connectivity index (χ1) is 11.9. The summed E-state index contributed by atoms with van der Waals surface area (Å²) in [5.41, 5.74) is 0.942. The van der Waals surface area contributed by atoms with Gasteiger partial charge in [0.2, 0.25) is 0 Å². The van der Waals surface area contributed by atoms with E-state index >= 15 is 0 Å². The maximum Gasteiger partial charge on any atom is 0.308 e. The number of amides is 1. The lowest BCUT2D eigenvalue weighted by atomic mass is 10.2. The predicted octanol–water partition coefficient (Wildman–Crippen LogP) is 2.36. The number of nitrogens with one attached hydrogen (secondary N) is 1. The first-order valence-corrected chi connectivity index (χ1v) is 8.17. The lowest BCUT2D eigenvalue weighted by Crippen LogP contribution is -2.32. The second kappa shape index (κ2) is 8.32. The summed E-state index contributed by atoms with van der Waals surface area (Å²) in [4.78, 5) is 23.3. The minimum atomic E-state index is -0.966. The topological polar surface area (TPSA) is 93.5 Å². The minimum absolute atomic E-state index is 0.0238. The average molecular weight is 345 g/mol. The molecule has 1 aromatic heterocycles. The van der Waals surface area contributed by atoms with E-state index in [-0.39, 0.29) is 12.2 Å². The van der Waals surface area contributed by atoms with Gasteiger partial charge in [-0.15, -0.1) is 0 Å². The zero-order chi connectivity index (χ0) is 18.4. The molecule has 0 aliphatic carbocycles. The van der Waals surface area contributed by atoms with Crippen molar-refractivity contribution in [3.63, 3.8) is 0 Å². The van der Waals surface area contributed by atoms with Crippen molar-refractivity contribution in [2.75, 3.05) is 13.2 Å². The molecule has 0 bridgehead atoms. The van der Waals surface area contributed by atoms with Crippen molar-refractivity contribution in [3.8, 4) is 11.4 Å². The molecule has 0 aliphatic rings. The molecule has 1 unspecified atom stereocenters. The first-order valence-electron chi connectivity index (χ1n) is 8.17. The normalized spacial score (nSPS) is 12.0. The Morgan fingerprint density at radius 2 is 1.92 bits per heavy atom. The Bertz CT molecular complexity index is 725. The number of aromatic nitrogens is 2. The molecule has 0 saturated carbocycles. The molecule has 2 rings (SSSR count). The number of carbonyl (C=O) groups excluding carboxylic acids is 1. The molecule has 0 spiro atoms. The summed E-state index contributed by atoms with van der Waals surface area (Å²) >= 11 is 0. The Balaban J connectivity index is 2.22. The highest BCUT2D eigenvalue weighted by molar-refractivity contribution is 5.95. The van der Waals surface area contributed by atoms with Crippen LogP contribution in [0.1, 0.15) is 31.3 Å². The number of carbonyl (C=O) groups is 2. The van der Waals surface area contributed by atoms with E-state index in [9.17, 15) is 9.59 Å². The van der Waals surface area contributed by atoms with E-state index in [1.807, 2.05) is 44.2 Å². The molecule has 0 aliphatic heterocycles. The van der Waals surface area contributed by atoms with E-state index in [2.05, 4.69) is 10.4 Å². The highest BCUT2D eigenvalue weighted by Gasteiger charge is 2.21. The molecule has 7 nitrogen and oxygen atoms in total. The third kappa shape index (κ3) is 5.07. The molecule has 1 heterocycles. The van der Waals surface area contributed by atoms with Crippen molar-refractivity contribution in [1.82, 2.24) is 15.1 Å². The third-order valence-corrected chi connectivity index (χ3v) is 3.48. The molecule has 0 fully saturated rings. The van der Waals surface area contributed by atoms with Crippen molar-refractivity contribution < 1.29 is 19.4 Å². The number of nitrogens with zero attached hydrogens (tertiary/aromatic N) is 2. The monoisotopic (exact) mass is 345 g/mol. The van der Waals surface area contributed by atoms with Gasteiger partial charge in [0.25, 0.3) is 5.91 Å². The summed E-state index contributed by atoms with van der Waals surface area (Å²) in [5.74, 6) is -1.44. The van der Waals surface area contributed by atoms with Crippen molar-refractivity contribution >= 4 is 11.9 Å². The number of hydrogen-bond donors (Lipinski definition) is 2. The molecule has 2 aromatic rings. The van der Waals surface area contributed by atoms with Crippen molar-refractivity contribution in [2.24, 2.45) is 11.8 Å². The van der Waals surface area contributed by atoms with Crippen LogP contribution < -0.4 is 10.1 Å². The Hall–Kier alpha value is -2.83. The van der Waals surface area contributed by atoms with Crippen molar-refractivity contribution in [1.29, 1.82) is 0 Å². The van der Waals surface area contributed by atoms with E-state index in [0.29, 0.717) is 18.3 Å². The van der Waals surface area contributed by atoms with Crippen molar-refractivity contribution in [3.05, 3.63) is 42.2 Å². The van der Waals surface area contributed by atoms with Gasteiger partial charge in [0, 0.05) is 6.54 Å². The number of rotatable bonds is 8. The third-order valence-electron chi connectivity index (χ3n) is 3.48. The Morgan fingerprint density at radius 1 is 1.24 bits per heavy atom. The minimum Gasteiger partial charge on any atom is -0.489 e. The van der Waals surface area contributed by atoms with Crippen LogP contribution >= 0.6 is 0 Å². The lowest BCUT2D eigenvalue weighted by molar-refractivity contribution is -0.140. The highest BCUT2D eigenvalue weighted by atomic mass is 16.5. The summed E-state index contributed by atoms with van der Waals surface area (Å²) in [5, 5.41) is 15.8. The van der Waals surface area contributed by atoms with E-state index in [1.54, 1.807) is 10.9 Å². The summed E-state index contributed by atoms with van der Waals surface area (Å²) in [6.07, 6.45) is 1.66. The van der Waals surface area contributed by atoms with Crippen LogP contribution in [-0.4, -0.2) is 39.9 Å². The van der Waals surface area contributed by atoms with Crippen LogP contribution in [0.25, 0.3) is 5.69 Å². The summed E-state index contributed by atoms with van der Waals surface area (Å²) < 4.78 is 7.29. The quantitative estimate of drug-likeness (QED) is 0.766. The largest absolute Gasteiger partial charge is 0.489 e. The van der Waals surface area contributed by atoms with E-state index in [4.69, 9.17) is 9.84 Å². The van der Waals surface area contributed by atoms with Crippen LogP contribution in [0.3, 0.4) is 0 Å². The fourth-order valence-electron chi connectivity index (χ4n) is 2.01. The zero-order valence-corrected chi connectivity index (χ0v) is 14.6. The van der Waals surface area contributed by atoms with Crippen LogP contribution in [-0.2, 0) is 4.79 Å². The summed E-state index contributed by atoms with van der Waals surface area (Å²) in [6, 6.07) is 9.38. The lowest BCUT2D eigenvalue weighted by Gasteiger charge is -2.09. The number of benzene rings is 1. The molecule has 0 saturated heterocycles. The smallest absolute Gasteiger partial charge is 0.308 e. The Morgan fingerprint density at radius 3 is 2.52 bits per heavy atom. The van der Waals surface area contributed by atoms with E-state index in [1.165, 1.54) is 6.92 Å². The van der Waals surface area contributed by atoms with E-state index in [0.717, 1.165) is 5.69 Å². The Labute approximate surface area is 146 Å². The fourth-order valence-corrected chi connectivity index (χ4v) is 2.01. The molecule has 2 N–H and O–H groups in total. The Kier molecular flexibility index (Phi) is 6.16. The molecule has 0 radical (unpaired) electrons. The maximum absolute atomic E-state index is 12.4. The summed E-state index contributed by atoms with van der Waals surface area (Å²) in [6.45, 7) is 6.02. The van der Waals surface area contributed by atoms with Gasteiger partial charge < -0.3 is 15.2 Å². The molecule has 1 aromatic carbocycles. The standard InChI is InChI=1S/C18H23N3O4/c1-12(2)11-25-15-10-21(14-7-5-4-6-8-14)20-16(15)17(22)19-9-13(3)18(23)24/h4-8,10,12-13H,9,11H2,1-3H3,(H,19,22)(H,23,24). The number of aliphatic carboxylic acids is 1. The number of carboxylic acids is 1. The van der Waals surface area contributed by atoms with Gasteiger partial charge in [-0.2, -0.15) is 5.10 Å². The van der Waals surface area contributed by atoms with Crippen LogP contribution in [0.5, 0.6) is 5.75 Å². The SMILES string of the molecule is CC(C)COc1cn(-c2ccccc2)nc1C(=O)NCC(C)C(=O)O. The first kappa shape index (κ1) is 18.5. The second-order valence-electron chi connectivity index (χ2n) is 6.28. The number of ether oxygens (including phenoxy) is 1. The molecule has 7 heteroatoms. The number of carboxylic acid groups (broad SMARTS) is 1. The molecule has 25 heavy (non-hydrogen) atoms. The molecule has 1 amide bonds. The molecule has 1 atom stereocenters. The van der Waals surface area contributed by atoms with Crippen molar-refractivity contribution in [2.45, 2.75) is 20.8 Å². The fraction of sp³-hybridized carbons (Fsp3) is 0.389.